The standard InChI is InChI=1S/C12H17N3O/c1-3-9-8-10(15(4-2)14-9)12(13)11-6-5-7-16-11/h5-8,12H,3-4,13H2,1-2H3. The summed E-state index contributed by atoms with van der Waals surface area (Å²) in [6.45, 7) is 4.97. The Morgan fingerprint density at radius 2 is 2.31 bits per heavy atom. The predicted molar refractivity (Wildman–Crippen MR) is 62.0 cm³/mol. The minimum atomic E-state index is -0.234. The number of nitrogens with two attached hydrogens (primary N) is 1. The van der Waals surface area contributed by atoms with E-state index in [4.69, 9.17) is 10.2 Å². The Bertz CT molecular complexity index is 445. The lowest BCUT2D eigenvalue weighted by Crippen LogP contribution is -2.16. The minimum Gasteiger partial charge on any atom is -0.467 e. The average Bonchev–Trinajstić information content (AvgIpc) is 2.96. The molecule has 0 aliphatic heterocycles. The van der Waals surface area contributed by atoms with Gasteiger partial charge in [0.05, 0.1) is 17.7 Å². The fourth-order valence-electron chi connectivity index (χ4n) is 1.78. The maximum Gasteiger partial charge on any atom is 0.126 e. The van der Waals surface area contributed by atoms with Crippen LogP contribution in [0.15, 0.2) is 28.9 Å². The van der Waals surface area contributed by atoms with Gasteiger partial charge in [0.15, 0.2) is 0 Å². The van der Waals surface area contributed by atoms with Crippen LogP contribution in [0.25, 0.3) is 0 Å². The minimum absolute atomic E-state index is 0.234. The Labute approximate surface area is 95.1 Å². The lowest BCUT2D eigenvalue weighted by molar-refractivity contribution is 0.473. The summed E-state index contributed by atoms with van der Waals surface area (Å²) in [5.74, 6) is 0.775. The van der Waals surface area contributed by atoms with Gasteiger partial charge in [-0.1, -0.05) is 6.92 Å². The van der Waals surface area contributed by atoms with Gasteiger partial charge in [-0.2, -0.15) is 5.10 Å². The van der Waals surface area contributed by atoms with Crippen LogP contribution in [0.2, 0.25) is 0 Å². The zero-order valence-electron chi connectivity index (χ0n) is 9.68. The highest BCUT2D eigenvalue weighted by molar-refractivity contribution is 5.22. The van der Waals surface area contributed by atoms with Crippen molar-refractivity contribution in [3.8, 4) is 0 Å². The quantitative estimate of drug-likeness (QED) is 0.856. The van der Waals surface area contributed by atoms with Gasteiger partial charge in [-0.25, -0.2) is 0 Å². The average molecular weight is 219 g/mol. The van der Waals surface area contributed by atoms with Gasteiger partial charge >= 0.3 is 0 Å². The molecule has 2 aromatic rings. The van der Waals surface area contributed by atoms with Crippen molar-refractivity contribution in [3.63, 3.8) is 0 Å². The second-order valence-electron chi connectivity index (χ2n) is 3.72. The molecule has 0 saturated carbocycles. The van der Waals surface area contributed by atoms with Crippen LogP contribution in [0.1, 0.15) is 37.0 Å². The molecule has 0 radical (unpaired) electrons. The molecule has 16 heavy (non-hydrogen) atoms. The van der Waals surface area contributed by atoms with Gasteiger partial charge in [0.25, 0.3) is 0 Å². The van der Waals surface area contributed by atoms with E-state index in [-0.39, 0.29) is 6.04 Å². The Morgan fingerprint density at radius 1 is 1.50 bits per heavy atom. The van der Waals surface area contributed by atoms with E-state index in [1.54, 1.807) is 6.26 Å². The molecule has 0 amide bonds. The number of aryl methyl sites for hydroxylation is 2. The van der Waals surface area contributed by atoms with Crippen molar-refractivity contribution in [1.82, 2.24) is 9.78 Å². The van der Waals surface area contributed by atoms with Crippen LogP contribution >= 0.6 is 0 Å². The number of hydrogen-bond donors (Lipinski definition) is 1. The Morgan fingerprint density at radius 3 is 2.88 bits per heavy atom. The van der Waals surface area contributed by atoms with Crippen molar-refractivity contribution in [3.05, 3.63) is 41.6 Å². The summed E-state index contributed by atoms with van der Waals surface area (Å²) >= 11 is 0. The maximum atomic E-state index is 6.15. The van der Waals surface area contributed by atoms with Gasteiger partial charge in [-0.05, 0) is 31.5 Å². The number of hydrogen-bond acceptors (Lipinski definition) is 3. The third kappa shape index (κ3) is 1.88. The first-order valence-corrected chi connectivity index (χ1v) is 5.61. The number of nitrogens with zero attached hydrogens (tertiary/aromatic N) is 2. The summed E-state index contributed by atoms with van der Waals surface area (Å²) in [6, 6.07) is 5.56. The molecule has 0 spiro atoms. The first-order valence-electron chi connectivity index (χ1n) is 5.61. The van der Waals surface area contributed by atoms with Gasteiger partial charge in [-0.15, -0.1) is 0 Å². The monoisotopic (exact) mass is 219 g/mol. The molecule has 2 aromatic heterocycles. The van der Waals surface area contributed by atoms with E-state index in [1.165, 1.54) is 0 Å². The molecule has 2 N–H and O–H groups in total. The molecule has 4 heteroatoms. The zero-order valence-corrected chi connectivity index (χ0v) is 9.68. The third-order valence-corrected chi connectivity index (χ3v) is 2.69. The molecule has 0 aliphatic rings. The van der Waals surface area contributed by atoms with Gasteiger partial charge < -0.3 is 10.2 Å². The molecule has 0 saturated heterocycles. The lowest BCUT2D eigenvalue weighted by Gasteiger charge is -2.10. The van der Waals surface area contributed by atoms with Gasteiger partial charge in [0.1, 0.15) is 11.8 Å². The molecule has 1 unspecified atom stereocenters. The summed E-state index contributed by atoms with van der Waals surface area (Å²) in [6.07, 6.45) is 2.56. The highest BCUT2D eigenvalue weighted by Crippen LogP contribution is 2.21. The smallest absolute Gasteiger partial charge is 0.126 e. The van der Waals surface area contributed by atoms with Crippen molar-refractivity contribution in [1.29, 1.82) is 0 Å². The Balaban J connectivity index is 2.35. The first kappa shape index (κ1) is 11.0. The first-order chi connectivity index (χ1) is 7.76. The van der Waals surface area contributed by atoms with Crippen molar-refractivity contribution in [2.75, 3.05) is 0 Å². The highest BCUT2D eigenvalue weighted by Gasteiger charge is 2.17. The molecular weight excluding hydrogens is 202 g/mol. The fraction of sp³-hybridized carbons (Fsp3) is 0.417. The maximum absolute atomic E-state index is 6.15. The topological polar surface area (TPSA) is 57.0 Å². The highest BCUT2D eigenvalue weighted by atomic mass is 16.3. The molecule has 86 valence electrons. The molecule has 0 aliphatic carbocycles. The van der Waals surface area contributed by atoms with Crippen LogP contribution in [0, 0.1) is 0 Å². The number of aromatic nitrogens is 2. The van der Waals surface area contributed by atoms with Crippen molar-refractivity contribution in [2.24, 2.45) is 5.73 Å². The third-order valence-electron chi connectivity index (χ3n) is 2.69. The van der Waals surface area contributed by atoms with Gasteiger partial charge in [-0.3, -0.25) is 4.68 Å². The second kappa shape index (κ2) is 4.53. The zero-order chi connectivity index (χ0) is 11.5. The summed E-state index contributed by atoms with van der Waals surface area (Å²) < 4.78 is 7.26. The van der Waals surface area contributed by atoms with E-state index in [0.29, 0.717) is 0 Å². The number of furan rings is 1. The van der Waals surface area contributed by atoms with Gasteiger partial charge in [0.2, 0.25) is 0 Å². The summed E-state index contributed by atoms with van der Waals surface area (Å²) in [5.41, 5.74) is 8.23. The normalized spacial score (nSPS) is 12.9. The van der Waals surface area contributed by atoms with E-state index in [1.807, 2.05) is 16.8 Å². The van der Waals surface area contributed by atoms with E-state index in [0.717, 1.165) is 30.1 Å². The SMILES string of the molecule is CCc1cc(C(N)c2ccco2)n(CC)n1. The summed E-state index contributed by atoms with van der Waals surface area (Å²) in [7, 11) is 0. The van der Waals surface area contributed by atoms with Crippen molar-refractivity contribution in [2.45, 2.75) is 32.9 Å². The molecule has 0 bridgehead atoms. The molecule has 2 rings (SSSR count). The summed E-state index contributed by atoms with van der Waals surface area (Å²) in [5, 5.41) is 4.47. The molecule has 0 fully saturated rings. The van der Waals surface area contributed by atoms with Crippen LogP contribution in [0.5, 0.6) is 0 Å². The fourth-order valence-corrected chi connectivity index (χ4v) is 1.78. The second-order valence-corrected chi connectivity index (χ2v) is 3.72. The van der Waals surface area contributed by atoms with Crippen LogP contribution < -0.4 is 5.73 Å². The summed E-state index contributed by atoms with van der Waals surface area (Å²) in [4.78, 5) is 0. The molecule has 0 aromatic carbocycles. The largest absolute Gasteiger partial charge is 0.467 e. The lowest BCUT2D eigenvalue weighted by atomic mass is 10.1. The Kier molecular flexibility index (Phi) is 3.10. The van der Waals surface area contributed by atoms with Gasteiger partial charge in [0, 0.05) is 6.54 Å². The molecule has 2 heterocycles. The number of rotatable bonds is 4. The van der Waals surface area contributed by atoms with Crippen LogP contribution in [0.3, 0.4) is 0 Å². The van der Waals surface area contributed by atoms with E-state index in [9.17, 15) is 0 Å². The van der Waals surface area contributed by atoms with E-state index >= 15 is 0 Å². The molecule has 1 atom stereocenters. The van der Waals surface area contributed by atoms with E-state index in [2.05, 4.69) is 25.0 Å². The Hall–Kier alpha value is -1.55. The molecule has 4 nitrogen and oxygen atoms in total. The van der Waals surface area contributed by atoms with Crippen LogP contribution in [-0.4, -0.2) is 9.78 Å². The van der Waals surface area contributed by atoms with Crippen LogP contribution in [0.4, 0.5) is 0 Å². The molecular formula is C12H17N3O. The van der Waals surface area contributed by atoms with Crippen molar-refractivity contribution < 1.29 is 4.42 Å². The van der Waals surface area contributed by atoms with E-state index < -0.39 is 0 Å². The van der Waals surface area contributed by atoms with Crippen molar-refractivity contribution >= 4 is 0 Å². The predicted octanol–water partition coefficient (Wildman–Crippen LogP) is 2.11. The van der Waals surface area contributed by atoms with Crippen LogP contribution in [-0.2, 0) is 13.0 Å².